The molecule has 0 fully saturated rings. The number of hydrogen-bond donors (Lipinski definition) is 1. The van der Waals surface area contributed by atoms with Crippen LogP contribution in [0.15, 0.2) is 45.4 Å². The van der Waals surface area contributed by atoms with Crippen LogP contribution in [0.3, 0.4) is 0 Å². The molecule has 1 atom stereocenters. The number of hydrogen-bond acceptors (Lipinski definition) is 7. The molecule has 0 aliphatic carbocycles. The van der Waals surface area contributed by atoms with E-state index >= 15 is 0 Å². The first-order chi connectivity index (χ1) is 13.0. The monoisotopic (exact) mass is 419 g/mol. The number of anilines is 1. The fourth-order valence-electron chi connectivity index (χ4n) is 2.46. The minimum Gasteiger partial charge on any atom is -0.453 e. The normalized spacial score (nSPS) is 12.4. The maximum atomic E-state index is 12.3. The Kier molecular flexibility index (Phi) is 4.90. The summed E-state index contributed by atoms with van der Waals surface area (Å²) < 4.78 is 7.65. The molecule has 4 rings (SSSR count). The number of nitrogens with one attached hydrogen (secondary N) is 1. The topological polar surface area (TPSA) is 85.8 Å². The summed E-state index contributed by atoms with van der Waals surface area (Å²) in [4.78, 5) is 16.4. The third-order valence-corrected chi connectivity index (χ3v) is 5.91. The van der Waals surface area contributed by atoms with E-state index in [2.05, 4.69) is 20.5 Å². The smallest absolute Gasteiger partial charge is 0.239 e. The number of thiazole rings is 1. The van der Waals surface area contributed by atoms with Gasteiger partial charge in [0.25, 0.3) is 0 Å². The van der Waals surface area contributed by atoms with E-state index in [-0.39, 0.29) is 11.2 Å². The van der Waals surface area contributed by atoms with E-state index in [4.69, 9.17) is 16.0 Å². The van der Waals surface area contributed by atoms with Gasteiger partial charge in [0.15, 0.2) is 21.9 Å². The molecular weight excluding hydrogens is 406 g/mol. The Morgan fingerprint density at radius 2 is 2.22 bits per heavy atom. The van der Waals surface area contributed by atoms with Crippen LogP contribution in [0.1, 0.15) is 6.92 Å². The third-order valence-electron chi connectivity index (χ3n) is 3.85. The van der Waals surface area contributed by atoms with E-state index in [1.807, 2.05) is 37.6 Å². The predicted molar refractivity (Wildman–Crippen MR) is 107 cm³/mol. The number of rotatable bonds is 5. The molecule has 0 saturated carbocycles. The zero-order valence-electron chi connectivity index (χ0n) is 14.3. The van der Waals surface area contributed by atoms with E-state index in [1.165, 1.54) is 23.1 Å². The number of benzene rings is 1. The number of furan rings is 1. The highest BCUT2D eigenvalue weighted by Gasteiger charge is 2.21. The summed E-state index contributed by atoms with van der Waals surface area (Å²) in [5, 5.41) is 15.4. The summed E-state index contributed by atoms with van der Waals surface area (Å²) in [6, 6.07) is 7.30. The Morgan fingerprint density at radius 3 is 3.00 bits per heavy atom. The van der Waals surface area contributed by atoms with Gasteiger partial charge < -0.3 is 14.3 Å². The molecule has 0 bridgehead atoms. The van der Waals surface area contributed by atoms with Crippen LogP contribution < -0.4 is 5.32 Å². The van der Waals surface area contributed by atoms with E-state index < -0.39 is 0 Å². The Morgan fingerprint density at radius 1 is 1.37 bits per heavy atom. The van der Waals surface area contributed by atoms with E-state index in [1.54, 1.807) is 16.8 Å². The fraction of sp³-hybridized carbons (Fsp3) is 0.176. The van der Waals surface area contributed by atoms with Crippen LogP contribution in [0.25, 0.3) is 22.6 Å². The lowest BCUT2D eigenvalue weighted by atomic mass is 10.2. The van der Waals surface area contributed by atoms with Crippen LogP contribution in [0.2, 0.25) is 5.02 Å². The van der Waals surface area contributed by atoms with Crippen molar-refractivity contribution in [3.05, 3.63) is 40.9 Å². The molecule has 1 amide bonds. The molecule has 0 saturated heterocycles. The summed E-state index contributed by atoms with van der Waals surface area (Å²) in [5.41, 5.74) is 0.725. The van der Waals surface area contributed by atoms with Gasteiger partial charge in [0.1, 0.15) is 5.58 Å². The van der Waals surface area contributed by atoms with E-state index in [9.17, 15) is 4.79 Å². The molecule has 1 aromatic carbocycles. The van der Waals surface area contributed by atoms with Gasteiger partial charge in [0.2, 0.25) is 5.91 Å². The average Bonchev–Trinajstić information content (AvgIpc) is 3.35. The molecule has 10 heteroatoms. The summed E-state index contributed by atoms with van der Waals surface area (Å²) >= 11 is 8.72. The van der Waals surface area contributed by atoms with Crippen molar-refractivity contribution in [2.45, 2.75) is 17.3 Å². The maximum Gasteiger partial charge on any atom is 0.239 e. The molecule has 7 nitrogen and oxygen atoms in total. The number of carbonyl (C=O) groups excluding carboxylic acids is 1. The fourth-order valence-corrected chi connectivity index (χ4v) is 3.99. The van der Waals surface area contributed by atoms with Gasteiger partial charge in [0.05, 0.1) is 5.25 Å². The molecular formula is C17H14ClN5O2S2. The van der Waals surface area contributed by atoms with E-state index in [0.29, 0.717) is 26.9 Å². The summed E-state index contributed by atoms with van der Waals surface area (Å²) in [6.07, 6.45) is 1.65. The Labute approximate surface area is 167 Å². The summed E-state index contributed by atoms with van der Waals surface area (Å²) in [6.45, 7) is 1.81. The minimum atomic E-state index is -0.362. The van der Waals surface area contributed by atoms with Gasteiger partial charge in [0, 0.05) is 29.0 Å². The Bertz CT molecular complexity index is 1110. The van der Waals surface area contributed by atoms with Crippen molar-refractivity contribution in [2.75, 3.05) is 5.32 Å². The van der Waals surface area contributed by atoms with Gasteiger partial charge in [-0.05, 0) is 31.2 Å². The predicted octanol–water partition coefficient (Wildman–Crippen LogP) is 4.46. The quantitative estimate of drug-likeness (QED) is 0.481. The molecule has 1 unspecified atom stereocenters. The highest BCUT2D eigenvalue weighted by atomic mass is 35.5. The molecule has 138 valence electrons. The first-order valence-corrected chi connectivity index (χ1v) is 10.1. The molecule has 0 radical (unpaired) electrons. The largest absolute Gasteiger partial charge is 0.453 e. The molecule has 3 heterocycles. The van der Waals surface area contributed by atoms with E-state index in [0.717, 1.165) is 11.0 Å². The van der Waals surface area contributed by atoms with Crippen LogP contribution in [0.5, 0.6) is 0 Å². The van der Waals surface area contributed by atoms with Crippen molar-refractivity contribution < 1.29 is 9.21 Å². The number of carbonyl (C=O) groups is 1. The van der Waals surface area contributed by atoms with Crippen molar-refractivity contribution >= 4 is 56.7 Å². The number of nitrogens with zero attached hydrogens (tertiary/aromatic N) is 4. The molecule has 27 heavy (non-hydrogen) atoms. The third kappa shape index (κ3) is 3.71. The van der Waals surface area contributed by atoms with Crippen LogP contribution in [0, 0.1) is 0 Å². The molecule has 4 aromatic rings. The maximum absolute atomic E-state index is 12.3. The zero-order valence-corrected chi connectivity index (χ0v) is 16.7. The molecule has 0 spiro atoms. The van der Waals surface area contributed by atoms with Gasteiger partial charge >= 0.3 is 0 Å². The second-order valence-corrected chi connectivity index (χ2v) is 8.38. The van der Waals surface area contributed by atoms with Crippen LogP contribution >= 0.6 is 34.7 Å². The van der Waals surface area contributed by atoms with Crippen molar-refractivity contribution in [1.29, 1.82) is 0 Å². The van der Waals surface area contributed by atoms with Crippen LogP contribution in [-0.4, -0.2) is 30.9 Å². The first kappa shape index (κ1) is 18.0. The molecule has 3 aromatic heterocycles. The second kappa shape index (κ2) is 7.34. The number of halogens is 1. The van der Waals surface area contributed by atoms with Gasteiger partial charge in [-0.1, -0.05) is 23.4 Å². The van der Waals surface area contributed by atoms with Gasteiger partial charge in [-0.25, -0.2) is 4.98 Å². The summed E-state index contributed by atoms with van der Waals surface area (Å²) in [7, 11) is 1.84. The number of fused-ring (bicyclic) bond motifs is 1. The minimum absolute atomic E-state index is 0.141. The Balaban J connectivity index is 1.53. The lowest BCUT2D eigenvalue weighted by Crippen LogP contribution is -2.22. The molecule has 0 aliphatic rings. The standard InChI is InChI=1S/C17H14ClN5O2S2/c1-9(15(24)20-16-19-5-6-26-16)27-17-22-21-14(23(17)2)13-8-10-7-11(18)3-4-12(10)25-13/h3-9H,1-2H3,(H,19,20,24). The number of thioether (sulfide) groups is 1. The van der Waals surface area contributed by atoms with Crippen LogP contribution in [0.4, 0.5) is 5.13 Å². The number of amides is 1. The van der Waals surface area contributed by atoms with Crippen molar-refractivity contribution in [1.82, 2.24) is 19.7 Å². The van der Waals surface area contributed by atoms with Crippen LogP contribution in [-0.2, 0) is 11.8 Å². The zero-order chi connectivity index (χ0) is 19.0. The molecule has 0 aliphatic heterocycles. The van der Waals surface area contributed by atoms with Gasteiger partial charge in [-0.2, -0.15) is 0 Å². The second-order valence-electron chi connectivity index (χ2n) is 5.74. The average molecular weight is 420 g/mol. The summed E-state index contributed by atoms with van der Waals surface area (Å²) in [5.74, 6) is 1.03. The highest BCUT2D eigenvalue weighted by Crippen LogP contribution is 2.31. The number of aromatic nitrogens is 4. The Hall–Kier alpha value is -2.36. The van der Waals surface area contributed by atoms with Crippen molar-refractivity contribution in [3.63, 3.8) is 0 Å². The van der Waals surface area contributed by atoms with Crippen molar-refractivity contribution in [2.24, 2.45) is 7.05 Å². The first-order valence-electron chi connectivity index (χ1n) is 7.97. The molecule has 1 N–H and O–H groups in total. The highest BCUT2D eigenvalue weighted by molar-refractivity contribution is 8.00. The lowest BCUT2D eigenvalue weighted by Gasteiger charge is -2.09. The van der Waals surface area contributed by atoms with Crippen molar-refractivity contribution in [3.8, 4) is 11.6 Å². The SMILES string of the molecule is CC(Sc1nnc(-c2cc3cc(Cl)ccc3o2)n1C)C(=O)Nc1nccs1. The lowest BCUT2D eigenvalue weighted by molar-refractivity contribution is -0.115. The van der Waals surface area contributed by atoms with Gasteiger partial charge in [-0.3, -0.25) is 4.79 Å². The van der Waals surface area contributed by atoms with Gasteiger partial charge in [-0.15, -0.1) is 21.5 Å².